The third-order valence-electron chi connectivity index (χ3n) is 3.14. The van der Waals surface area contributed by atoms with Gasteiger partial charge in [0.1, 0.15) is 11.4 Å². The normalized spacial score (nSPS) is 11.2. The van der Waals surface area contributed by atoms with E-state index < -0.39 is 23.2 Å². The molecule has 0 radical (unpaired) electrons. The first-order chi connectivity index (χ1) is 8.86. The Morgan fingerprint density at radius 3 is 2.42 bits per heavy atom. The molecule has 0 atom stereocenters. The van der Waals surface area contributed by atoms with Crippen LogP contribution >= 0.6 is 15.9 Å². The molecule has 6 heteroatoms. The average molecular weight is 332 g/mol. The van der Waals surface area contributed by atoms with Crippen LogP contribution in [0.3, 0.4) is 0 Å². The molecule has 0 aliphatic rings. The lowest BCUT2D eigenvalue weighted by Crippen LogP contribution is -2.53. The molecule has 0 aliphatic carbocycles. The lowest BCUT2D eigenvalue weighted by atomic mass is 9.92. The number of carboxylic acids is 1. The molecule has 1 aromatic carbocycles. The number of benzene rings is 1. The topological polar surface area (TPSA) is 66.4 Å². The van der Waals surface area contributed by atoms with Gasteiger partial charge < -0.3 is 10.4 Å². The summed E-state index contributed by atoms with van der Waals surface area (Å²) in [4.78, 5) is 23.3. The van der Waals surface area contributed by atoms with Gasteiger partial charge in [-0.05, 0) is 31.0 Å². The Hall–Kier alpha value is -1.43. The number of carbonyl (C=O) groups excluding carboxylic acids is 1. The summed E-state index contributed by atoms with van der Waals surface area (Å²) in [5.74, 6) is -2.54. The van der Waals surface area contributed by atoms with E-state index >= 15 is 0 Å². The number of halogens is 2. The van der Waals surface area contributed by atoms with E-state index in [9.17, 15) is 19.1 Å². The molecule has 0 saturated heterocycles. The maximum Gasteiger partial charge on any atom is 0.329 e. The minimum atomic E-state index is -1.37. The van der Waals surface area contributed by atoms with Crippen LogP contribution in [0.4, 0.5) is 4.39 Å². The van der Waals surface area contributed by atoms with E-state index in [1.165, 1.54) is 12.1 Å². The molecule has 0 fully saturated rings. The summed E-state index contributed by atoms with van der Waals surface area (Å²) < 4.78 is 14.1. The van der Waals surface area contributed by atoms with Crippen molar-refractivity contribution in [3.63, 3.8) is 0 Å². The van der Waals surface area contributed by atoms with Crippen molar-refractivity contribution in [3.8, 4) is 0 Å². The van der Waals surface area contributed by atoms with Crippen molar-refractivity contribution < 1.29 is 19.1 Å². The largest absolute Gasteiger partial charge is 0.480 e. The van der Waals surface area contributed by atoms with Crippen LogP contribution in [-0.4, -0.2) is 22.5 Å². The number of nitrogens with one attached hydrogen (secondary N) is 1. The van der Waals surface area contributed by atoms with Gasteiger partial charge in [0.15, 0.2) is 0 Å². The van der Waals surface area contributed by atoms with Crippen LogP contribution in [0.15, 0.2) is 22.7 Å². The molecule has 2 N–H and O–H groups in total. The van der Waals surface area contributed by atoms with Crippen molar-refractivity contribution in [2.45, 2.75) is 32.2 Å². The highest BCUT2D eigenvalue weighted by Gasteiger charge is 2.37. The second-order valence-electron chi connectivity index (χ2n) is 4.17. The highest BCUT2D eigenvalue weighted by Crippen LogP contribution is 2.19. The summed E-state index contributed by atoms with van der Waals surface area (Å²) in [6, 6.07) is 3.94. The van der Waals surface area contributed by atoms with E-state index in [1.807, 2.05) is 0 Å². The van der Waals surface area contributed by atoms with E-state index in [2.05, 4.69) is 21.2 Å². The van der Waals surface area contributed by atoms with Crippen molar-refractivity contribution in [2.75, 3.05) is 0 Å². The Balaban J connectivity index is 3.07. The Kier molecular flexibility index (Phi) is 5.05. The fraction of sp³-hybridized carbons (Fsp3) is 0.385. The van der Waals surface area contributed by atoms with Gasteiger partial charge >= 0.3 is 5.97 Å². The van der Waals surface area contributed by atoms with Gasteiger partial charge in [-0.15, -0.1) is 0 Å². The van der Waals surface area contributed by atoms with Crippen LogP contribution in [0.25, 0.3) is 0 Å². The number of amides is 1. The number of carboxylic acid groups (broad SMARTS) is 1. The zero-order valence-corrected chi connectivity index (χ0v) is 12.3. The van der Waals surface area contributed by atoms with E-state index in [4.69, 9.17) is 0 Å². The van der Waals surface area contributed by atoms with Crippen molar-refractivity contribution in [1.29, 1.82) is 0 Å². The Morgan fingerprint density at radius 2 is 1.95 bits per heavy atom. The second-order valence-corrected chi connectivity index (χ2v) is 5.09. The average Bonchev–Trinajstić information content (AvgIpc) is 2.38. The molecule has 19 heavy (non-hydrogen) atoms. The van der Waals surface area contributed by atoms with Gasteiger partial charge in [-0.1, -0.05) is 29.8 Å². The van der Waals surface area contributed by atoms with E-state index in [0.717, 1.165) is 6.07 Å². The zero-order chi connectivity index (χ0) is 14.6. The number of carbonyl (C=O) groups is 2. The lowest BCUT2D eigenvalue weighted by molar-refractivity contribution is -0.144. The number of hydrogen-bond donors (Lipinski definition) is 2. The number of aliphatic carboxylic acids is 1. The number of hydrogen-bond acceptors (Lipinski definition) is 2. The maximum absolute atomic E-state index is 13.6. The first-order valence-corrected chi connectivity index (χ1v) is 6.66. The minimum absolute atomic E-state index is 0.179. The summed E-state index contributed by atoms with van der Waals surface area (Å²) in [7, 11) is 0. The third kappa shape index (κ3) is 3.32. The van der Waals surface area contributed by atoms with Crippen molar-refractivity contribution in [3.05, 3.63) is 34.1 Å². The van der Waals surface area contributed by atoms with Crippen LogP contribution in [-0.2, 0) is 4.79 Å². The molecular formula is C13H15BrFNO3. The molecule has 1 amide bonds. The van der Waals surface area contributed by atoms with Gasteiger partial charge in [0, 0.05) is 4.47 Å². The molecule has 0 bridgehead atoms. The molecule has 0 heterocycles. The van der Waals surface area contributed by atoms with Crippen LogP contribution in [0, 0.1) is 5.82 Å². The molecule has 4 nitrogen and oxygen atoms in total. The fourth-order valence-electron chi connectivity index (χ4n) is 1.74. The van der Waals surface area contributed by atoms with E-state index in [-0.39, 0.29) is 18.4 Å². The summed E-state index contributed by atoms with van der Waals surface area (Å²) >= 11 is 3.14. The Bertz CT molecular complexity index is 501. The van der Waals surface area contributed by atoms with Crippen LogP contribution in [0.2, 0.25) is 0 Å². The molecule has 0 aliphatic heterocycles. The third-order valence-corrected chi connectivity index (χ3v) is 3.64. The first kappa shape index (κ1) is 15.6. The van der Waals surface area contributed by atoms with Gasteiger partial charge in [0.05, 0.1) is 5.56 Å². The second kappa shape index (κ2) is 6.14. The molecule has 0 unspecified atom stereocenters. The lowest BCUT2D eigenvalue weighted by Gasteiger charge is -2.28. The predicted molar refractivity (Wildman–Crippen MR) is 72.5 cm³/mol. The van der Waals surface area contributed by atoms with Crippen molar-refractivity contribution >= 4 is 27.8 Å². The van der Waals surface area contributed by atoms with E-state index in [0.29, 0.717) is 4.47 Å². The Morgan fingerprint density at radius 1 is 1.37 bits per heavy atom. The molecule has 1 rings (SSSR count). The van der Waals surface area contributed by atoms with Crippen LogP contribution in [0.5, 0.6) is 0 Å². The Labute approximate surface area is 119 Å². The molecule has 104 valence electrons. The monoisotopic (exact) mass is 331 g/mol. The molecule has 0 saturated carbocycles. The summed E-state index contributed by atoms with van der Waals surface area (Å²) in [5, 5.41) is 11.6. The molecule has 0 spiro atoms. The smallest absolute Gasteiger partial charge is 0.329 e. The van der Waals surface area contributed by atoms with Gasteiger partial charge in [-0.3, -0.25) is 4.79 Å². The summed E-state index contributed by atoms with van der Waals surface area (Å²) in [6.45, 7) is 3.32. The SMILES string of the molecule is CCC(CC)(NC(=O)c1cc(Br)ccc1F)C(=O)O. The van der Waals surface area contributed by atoms with Gasteiger partial charge in [-0.2, -0.15) is 0 Å². The van der Waals surface area contributed by atoms with E-state index in [1.54, 1.807) is 13.8 Å². The van der Waals surface area contributed by atoms with Crippen molar-refractivity contribution in [1.82, 2.24) is 5.32 Å². The summed E-state index contributed by atoms with van der Waals surface area (Å²) in [5.41, 5.74) is -1.55. The number of rotatable bonds is 5. The predicted octanol–water partition coefficient (Wildman–Crippen LogP) is 2.96. The highest BCUT2D eigenvalue weighted by atomic mass is 79.9. The quantitative estimate of drug-likeness (QED) is 0.871. The zero-order valence-electron chi connectivity index (χ0n) is 10.7. The van der Waals surface area contributed by atoms with Gasteiger partial charge in [0.25, 0.3) is 5.91 Å². The van der Waals surface area contributed by atoms with Gasteiger partial charge in [0.2, 0.25) is 0 Å². The molecule has 1 aromatic rings. The first-order valence-electron chi connectivity index (χ1n) is 5.87. The van der Waals surface area contributed by atoms with Crippen LogP contribution in [0.1, 0.15) is 37.0 Å². The van der Waals surface area contributed by atoms with Gasteiger partial charge in [-0.25, -0.2) is 9.18 Å². The minimum Gasteiger partial charge on any atom is -0.480 e. The standard InChI is InChI=1S/C13H15BrFNO3/c1-3-13(4-2,12(18)19)16-11(17)9-7-8(14)5-6-10(9)15/h5-7H,3-4H2,1-2H3,(H,16,17)(H,18,19). The molecule has 0 aromatic heterocycles. The fourth-order valence-corrected chi connectivity index (χ4v) is 2.10. The van der Waals surface area contributed by atoms with Crippen molar-refractivity contribution in [2.24, 2.45) is 0 Å². The molecular weight excluding hydrogens is 317 g/mol. The summed E-state index contributed by atoms with van der Waals surface area (Å²) in [6.07, 6.45) is 0.445. The van der Waals surface area contributed by atoms with Crippen LogP contribution < -0.4 is 5.32 Å². The highest BCUT2D eigenvalue weighted by molar-refractivity contribution is 9.10. The maximum atomic E-state index is 13.6.